The van der Waals surface area contributed by atoms with Gasteiger partial charge in [0.05, 0.1) is 8.42 Å². The van der Waals surface area contributed by atoms with Crippen molar-refractivity contribution >= 4 is 46.2 Å². The SMILES string of the molecule is O=c1sc(SCc2ccncc2)c(SCc2ccncc2)s1. The van der Waals surface area contributed by atoms with E-state index in [1.54, 1.807) is 48.3 Å². The van der Waals surface area contributed by atoms with E-state index in [1.807, 2.05) is 24.3 Å². The van der Waals surface area contributed by atoms with Crippen LogP contribution in [0.2, 0.25) is 0 Å². The molecule has 0 saturated carbocycles. The highest BCUT2D eigenvalue weighted by Crippen LogP contribution is 2.39. The lowest BCUT2D eigenvalue weighted by Gasteiger charge is -2.03. The topological polar surface area (TPSA) is 42.9 Å². The molecule has 0 bridgehead atoms. The van der Waals surface area contributed by atoms with E-state index in [4.69, 9.17) is 0 Å². The Balaban J connectivity index is 1.66. The number of hydrogen-bond donors (Lipinski definition) is 0. The second-order valence-corrected chi connectivity index (χ2v) is 9.03. The lowest BCUT2D eigenvalue weighted by atomic mass is 10.3. The quantitative estimate of drug-likeness (QED) is 0.601. The summed E-state index contributed by atoms with van der Waals surface area (Å²) in [4.78, 5) is 19.8. The molecule has 0 atom stereocenters. The molecule has 3 nitrogen and oxygen atoms in total. The number of rotatable bonds is 6. The van der Waals surface area contributed by atoms with Gasteiger partial charge in [-0.15, -0.1) is 23.5 Å². The fourth-order valence-electron chi connectivity index (χ4n) is 1.69. The summed E-state index contributed by atoms with van der Waals surface area (Å²) in [5.41, 5.74) is 2.44. The Morgan fingerprint density at radius 1 is 0.773 bits per heavy atom. The summed E-state index contributed by atoms with van der Waals surface area (Å²) in [7, 11) is 0. The van der Waals surface area contributed by atoms with Crippen LogP contribution < -0.4 is 4.06 Å². The van der Waals surface area contributed by atoms with Gasteiger partial charge in [-0.25, -0.2) is 0 Å². The van der Waals surface area contributed by atoms with Crippen LogP contribution in [0.3, 0.4) is 0 Å². The van der Waals surface area contributed by atoms with Crippen molar-refractivity contribution in [1.29, 1.82) is 0 Å². The fraction of sp³-hybridized carbons (Fsp3) is 0.133. The summed E-state index contributed by atoms with van der Waals surface area (Å²) < 4.78 is 2.39. The van der Waals surface area contributed by atoms with Gasteiger partial charge in [0.1, 0.15) is 0 Å². The van der Waals surface area contributed by atoms with E-state index in [-0.39, 0.29) is 4.06 Å². The van der Waals surface area contributed by atoms with Crippen molar-refractivity contribution in [1.82, 2.24) is 9.97 Å². The predicted molar refractivity (Wildman–Crippen MR) is 96.1 cm³/mol. The molecular weight excluding hydrogens is 352 g/mol. The largest absolute Gasteiger partial charge is 0.289 e. The third-order valence-corrected chi connectivity index (χ3v) is 7.98. The normalized spacial score (nSPS) is 10.7. The maximum atomic E-state index is 11.7. The minimum absolute atomic E-state index is 0.162. The first kappa shape index (κ1) is 15.7. The molecule has 112 valence electrons. The van der Waals surface area contributed by atoms with Crippen LogP contribution in [0.5, 0.6) is 0 Å². The van der Waals surface area contributed by atoms with E-state index in [2.05, 4.69) is 9.97 Å². The highest BCUT2D eigenvalue weighted by atomic mass is 32.2. The van der Waals surface area contributed by atoms with Crippen molar-refractivity contribution in [3.63, 3.8) is 0 Å². The molecular formula is C15H12N2OS4. The zero-order valence-corrected chi connectivity index (χ0v) is 14.7. The number of pyridine rings is 2. The Hall–Kier alpha value is -1.15. The van der Waals surface area contributed by atoms with E-state index in [1.165, 1.54) is 33.8 Å². The first-order valence-electron chi connectivity index (χ1n) is 6.48. The summed E-state index contributed by atoms with van der Waals surface area (Å²) in [6.45, 7) is 0. The predicted octanol–water partition coefficient (Wildman–Crippen LogP) is 4.54. The molecule has 0 aliphatic rings. The summed E-state index contributed by atoms with van der Waals surface area (Å²) in [5.74, 6) is 1.72. The Kier molecular flexibility index (Phi) is 5.66. The molecule has 3 heterocycles. The molecule has 0 fully saturated rings. The molecule has 0 unspecified atom stereocenters. The first-order valence-corrected chi connectivity index (χ1v) is 10.1. The van der Waals surface area contributed by atoms with Gasteiger partial charge in [-0.1, -0.05) is 22.7 Å². The van der Waals surface area contributed by atoms with Gasteiger partial charge in [-0.3, -0.25) is 14.8 Å². The number of aromatic nitrogens is 2. The monoisotopic (exact) mass is 364 g/mol. The Bertz CT molecular complexity index is 707. The van der Waals surface area contributed by atoms with Crippen molar-refractivity contribution in [3.8, 4) is 0 Å². The molecule has 7 heteroatoms. The number of nitrogens with zero attached hydrogens (tertiary/aromatic N) is 2. The fourth-order valence-corrected chi connectivity index (χ4v) is 6.84. The number of hydrogen-bond acceptors (Lipinski definition) is 7. The van der Waals surface area contributed by atoms with Gasteiger partial charge in [0.2, 0.25) is 0 Å². The second kappa shape index (κ2) is 7.92. The Morgan fingerprint density at radius 3 is 1.59 bits per heavy atom. The zero-order valence-electron chi connectivity index (χ0n) is 11.5. The van der Waals surface area contributed by atoms with E-state index in [0.29, 0.717) is 0 Å². The van der Waals surface area contributed by atoms with Gasteiger partial charge in [0.15, 0.2) is 0 Å². The lowest BCUT2D eigenvalue weighted by Crippen LogP contribution is -1.81. The van der Waals surface area contributed by atoms with Gasteiger partial charge in [0, 0.05) is 36.3 Å². The lowest BCUT2D eigenvalue weighted by molar-refractivity contribution is 1.26. The molecule has 0 spiro atoms. The van der Waals surface area contributed by atoms with Crippen LogP contribution in [0.1, 0.15) is 11.1 Å². The van der Waals surface area contributed by atoms with E-state index >= 15 is 0 Å². The molecule has 3 aromatic rings. The Labute approximate surface area is 144 Å². The van der Waals surface area contributed by atoms with Gasteiger partial charge in [0.25, 0.3) is 4.06 Å². The van der Waals surface area contributed by atoms with Crippen LogP contribution in [-0.2, 0) is 11.5 Å². The van der Waals surface area contributed by atoms with Gasteiger partial charge in [-0.05, 0) is 35.4 Å². The van der Waals surface area contributed by atoms with Gasteiger partial charge < -0.3 is 0 Å². The first-order chi connectivity index (χ1) is 10.8. The second-order valence-electron chi connectivity index (χ2n) is 4.32. The summed E-state index contributed by atoms with van der Waals surface area (Å²) >= 11 is 6.14. The van der Waals surface area contributed by atoms with Crippen LogP contribution in [0, 0.1) is 0 Å². The minimum atomic E-state index is 0.162. The third-order valence-electron chi connectivity index (χ3n) is 2.76. The van der Waals surface area contributed by atoms with Crippen LogP contribution >= 0.6 is 46.2 Å². The standard InChI is InChI=1S/C15H12N2OS4/c18-15-21-13(19-9-11-1-5-16-6-2-11)14(22-15)20-10-12-3-7-17-8-4-12/h1-8H,9-10H2. The van der Waals surface area contributed by atoms with Crippen LogP contribution in [-0.4, -0.2) is 9.97 Å². The number of thioether (sulfide) groups is 2. The van der Waals surface area contributed by atoms with Crippen LogP contribution in [0.25, 0.3) is 0 Å². The smallest absolute Gasteiger partial charge is 0.265 e. The molecule has 22 heavy (non-hydrogen) atoms. The molecule has 0 radical (unpaired) electrons. The van der Waals surface area contributed by atoms with Crippen LogP contribution in [0.4, 0.5) is 0 Å². The van der Waals surface area contributed by atoms with Crippen molar-refractivity contribution in [3.05, 3.63) is 69.0 Å². The van der Waals surface area contributed by atoms with Crippen molar-refractivity contribution < 1.29 is 0 Å². The molecule has 0 amide bonds. The van der Waals surface area contributed by atoms with E-state index in [0.717, 1.165) is 19.9 Å². The van der Waals surface area contributed by atoms with E-state index < -0.39 is 0 Å². The molecule has 0 aliphatic carbocycles. The van der Waals surface area contributed by atoms with Crippen LogP contribution in [0.15, 0.2) is 62.3 Å². The van der Waals surface area contributed by atoms with Crippen molar-refractivity contribution in [2.45, 2.75) is 19.9 Å². The van der Waals surface area contributed by atoms with Gasteiger partial charge >= 0.3 is 0 Å². The third kappa shape index (κ3) is 4.42. The minimum Gasteiger partial charge on any atom is -0.265 e. The maximum Gasteiger partial charge on any atom is 0.289 e. The maximum absolute atomic E-state index is 11.7. The molecule has 0 N–H and O–H groups in total. The molecule has 3 aromatic heterocycles. The van der Waals surface area contributed by atoms with Crippen molar-refractivity contribution in [2.24, 2.45) is 0 Å². The molecule has 0 aromatic carbocycles. The molecule has 0 saturated heterocycles. The molecule has 0 aliphatic heterocycles. The highest BCUT2D eigenvalue weighted by Gasteiger charge is 2.11. The summed E-state index contributed by atoms with van der Waals surface area (Å²) in [6.07, 6.45) is 7.19. The Morgan fingerprint density at radius 2 is 1.18 bits per heavy atom. The summed E-state index contributed by atoms with van der Waals surface area (Å²) in [6, 6.07) is 8.02. The summed E-state index contributed by atoms with van der Waals surface area (Å²) in [5, 5.41) is 0. The molecule has 3 rings (SSSR count). The van der Waals surface area contributed by atoms with Crippen molar-refractivity contribution in [2.75, 3.05) is 0 Å². The zero-order chi connectivity index (χ0) is 15.2. The highest BCUT2D eigenvalue weighted by molar-refractivity contribution is 8.04. The van der Waals surface area contributed by atoms with Gasteiger partial charge in [-0.2, -0.15) is 0 Å². The average Bonchev–Trinajstić information content (AvgIpc) is 2.93. The average molecular weight is 365 g/mol. The van der Waals surface area contributed by atoms with E-state index in [9.17, 15) is 4.79 Å².